The molecule has 2 saturated carbocycles. The average Bonchev–Trinajstić information content (AvgIpc) is 3.80. The van der Waals surface area contributed by atoms with Crippen molar-refractivity contribution in [1.29, 1.82) is 5.26 Å². The molecule has 62 heavy (non-hydrogen) atoms. The number of nitrogens with one attached hydrogen (secondary N) is 2. The van der Waals surface area contributed by atoms with Gasteiger partial charge in [-0.25, -0.2) is 0 Å². The highest BCUT2D eigenvalue weighted by molar-refractivity contribution is 6.23. The number of imide groups is 2. The van der Waals surface area contributed by atoms with Crippen molar-refractivity contribution in [3.63, 3.8) is 0 Å². The molecular weight excluding hydrogens is 785 g/mol. The Balaban J connectivity index is 0.785. The van der Waals surface area contributed by atoms with Crippen molar-refractivity contribution < 1.29 is 33.4 Å². The van der Waals surface area contributed by atoms with Gasteiger partial charge in [-0.1, -0.05) is 27.7 Å². The molecule has 4 fully saturated rings. The van der Waals surface area contributed by atoms with E-state index in [0.29, 0.717) is 28.8 Å². The first-order valence-electron chi connectivity index (χ1n) is 22.0. The topological polar surface area (TPSA) is 161 Å². The van der Waals surface area contributed by atoms with Crippen molar-refractivity contribution in [1.82, 2.24) is 20.4 Å². The van der Waals surface area contributed by atoms with Gasteiger partial charge < -0.3 is 24.6 Å². The molecule has 3 heterocycles. The molecule has 326 valence electrons. The van der Waals surface area contributed by atoms with Gasteiger partial charge in [-0.05, 0) is 131 Å². The van der Waals surface area contributed by atoms with E-state index in [1.165, 1.54) is 0 Å². The Morgan fingerprint density at radius 1 is 0.855 bits per heavy atom. The van der Waals surface area contributed by atoms with E-state index in [0.717, 1.165) is 79.2 Å². The number of hydrogen-bond donors (Lipinski definition) is 2. The van der Waals surface area contributed by atoms with Gasteiger partial charge in [-0.2, -0.15) is 5.26 Å². The first-order valence-corrected chi connectivity index (χ1v) is 22.0. The van der Waals surface area contributed by atoms with E-state index >= 15 is 0 Å². The molecule has 13 nitrogen and oxygen atoms in total. The van der Waals surface area contributed by atoms with Gasteiger partial charge in [0.2, 0.25) is 11.8 Å². The van der Waals surface area contributed by atoms with Crippen molar-refractivity contribution >= 4 is 35.2 Å². The van der Waals surface area contributed by atoms with Gasteiger partial charge in [0.25, 0.3) is 17.7 Å². The second-order valence-electron chi connectivity index (χ2n) is 19.4. The van der Waals surface area contributed by atoms with Crippen LogP contribution in [0.5, 0.6) is 11.5 Å². The first kappa shape index (κ1) is 42.9. The van der Waals surface area contributed by atoms with Crippen molar-refractivity contribution in [3.8, 4) is 17.6 Å². The number of aryl methyl sites for hydroxylation is 2. The van der Waals surface area contributed by atoms with Crippen LogP contribution in [-0.4, -0.2) is 96.4 Å². The van der Waals surface area contributed by atoms with Crippen LogP contribution in [0.15, 0.2) is 54.6 Å². The van der Waals surface area contributed by atoms with Gasteiger partial charge in [-0.3, -0.25) is 34.2 Å². The molecule has 3 aromatic rings. The van der Waals surface area contributed by atoms with E-state index in [9.17, 15) is 29.2 Å². The highest BCUT2D eigenvalue weighted by atomic mass is 16.5. The predicted octanol–water partition coefficient (Wildman–Crippen LogP) is 6.34. The molecule has 2 aliphatic carbocycles. The van der Waals surface area contributed by atoms with Crippen LogP contribution in [0.25, 0.3) is 0 Å². The molecular formula is C49H58N6O7. The number of benzene rings is 3. The lowest BCUT2D eigenvalue weighted by atomic mass is 9.49. The summed E-state index contributed by atoms with van der Waals surface area (Å²) < 4.78 is 12.9. The lowest BCUT2D eigenvalue weighted by molar-refractivity contribution is -0.164. The molecule has 2 N–H and O–H groups in total. The van der Waals surface area contributed by atoms with Crippen LogP contribution in [0.1, 0.15) is 120 Å². The number of amides is 5. The predicted molar refractivity (Wildman–Crippen MR) is 233 cm³/mol. The lowest BCUT2D eigenvalue weighted by Crippen LogP contribution is -2.74. The largest absolute Gasteiger partial charge is 0.490 e. The third kappa shape index (κ3) is 7.94. The quantitative estimate of drug-likeness (QED) is 0.209. The Labute approximate surface area is 364 Å². The molecule has 8 rings (SSSR count). The van der Waals surface area contributed by atoms with Gasteiger partial charge in [0, 0.05) is 60.2 Å². The van der Waals surface area contributed by atoms with Gasteiger partial charge in [0.15, 0.2) is 0 Å². The summed E-state index contributed by atoms with van der Waals surface area (Å²) in [6.45, 7) is 15.3. The Morgan fingerprint density at radius 2 is 1.52 bits per heavy atom. The molecule has 3 aliphatic heterocycles. The summed E-state index contributed by atoms with van der Waals surface area (Å²) in [5, 5.41) is 15.0. The summed E-state index contributed by atoms with van der Waals surface area (Å²) in [6, 6.07) is 18.3. The number of nitrogens with zero attached hydrogens (tertiary/aromatic N) is 4. The first-order chi connectivity index (χ1) is 29.5. The van der Waals surface area contributed by atoms with Crippen molar-refractivity contribution in [2.45, 2.75) is 117 Å². The van der Waals surface area contributed by atoms with Crippen molar-refractivity contribution in [3.05, 3.63) is 88.0 Å². The fourth-order valence-electron chi connectivity index (χ4n) is 11.2. The SMILES string of the molecule is Cc1cc(OC2C(C)(C)C(NC(=O)c3ccc(N4CCC(CN(C)[C@H]5CC[C@H](Oc6ccc7c(c6)C(=O)N(C6CCC(=O)NC6=O)C7=O)C5)CC4)cc3)C2(C)C)cc(C)c1C#N. The van der Waals surface area contributed by atoms with Gasteiger partial charge in [-0.15, -0.1) is 0 Å². The molecule has 0 aromatic heterocycles. The average molecular weight is 843 g/mol. The Bertz CT molecular complexity index is 2300. The summed E-state index contributed by atoms with van der Waals surface area (Å²) >= 11 is 0. The van der Waals surface area contributed by atoms with Crippen molar-refractivity contribution in [2.24, 2.45) is 16.7 Å². The van der Waals surface area contributed by atoms with E-state index in [-0.39, 0.29) is 59.0 Å². The fourth-order valence-corrected chi connectivity index (χ4v) is 11.2. The highest BCUT2D eigenvalue weighted by Crippen LogP contribution is 2.55. The van der Waals surface area contributed by atoms with E-state index in [1.54, 1.807) is 18.2 Å². The van der Waals surface area contributed by atoms with Gasteiger partial charge in [0.05, 0.1) is 22.8 Å². The molecule has 5 amide bonds. The van der Waals surface area contributed by atoms with Gasteiger partial charge in [0.1, 0.15) is 29.7 Å². The second-order valence-corrected chi connectivity index (χ2v) is 19.4. The number of fused-ring (bicyclic) bond motifs is 1. The standard InChI is InChI=1S/C49H58N6O7/c1-28-22-36(23-29(2)39(28)26-50)62-47-48(3,4)46(49(47,5)6)52-42(57)31-8-10-32(11-9-31)54-20-18-30(19-21-54)27-53(7)33-12-13-34(24-33)61-35-14-15-37-38(25-35)45(60)55(44(37)59)40-16-17-41(56)51-43(40)58/h8-11,14-15,22-23,25,30,33-34,40,46-47H,12-13,16-21,24,27H2,1-7H3,(H,52,57)(H,51,56,58)/t33-,34-,40?,46?,47?/m0/s1. The maximum absolute atomic E-state index is 13.6. The summed E-state index contributed by atoms with van der Waals surface area (Å²) in [4.78, 5) is 69.9. The molecule has 3 atom stereocenters. The van der Waals surface area contributed by atoms with E-state index in [1.807, 2.05) is 38.1 Å². The molecule has 2 saturated heterocycles. The van der Waals surface area contributed by atoms with Crippen LogP contribution in [0, 0.1) is 41.9 Å². The van der Waals surface area contributed by atoms with Crippen LogP contribution in [0.4, 0.5) is 5.69 Å². The van der Waals surface area contributed by atoms with Crippen molar-refractivity contribution in [2.75, 3.05) is 31.6 Å². The summed E-state index contributed by atoms with van der Waals surface area (Å²) in [6.07, 6.45) is 4.96. The minimum absolute atomic E-state index is 0.0164. The molecule has 0 bridgehead atoms. The number of anilines is 1. The molecule has 3 aromatic carbocycles. The zero-order valence-corrected chi connectivity index (χ0v) is 36.9. The Hall–Kier alpha value is -5.74. The number of ether oxygens (including phenoxy) is 2. The number of carbonyl (C=O) groups is 5. The molecule has 5 aliphatic rings. The number of piperidine rings is 2. The fraction of sp³-hybridized carbons (Fsp3) is 0.510. The van der Waals surface area contributed by atoms with E-state index in [4.69, 9.17) is 9.47 Å². The summed E-state index contributed by atoms with van der Waals surface area (Å²) in [5.41, 5.74) is 4.06. The normalized spacial score (nSPS) is 25.6. The second kappa shape index (κ2) is 16.5. The number of carbonyl (C=O) groups excluding carboxylic acids is 5. The molecule has 1 unspecified atom stereocenters. The van der Waals surface area contributed by atoms with Crippen LogP contribution in [-0.2, 0) is 9.59 Å². The third-order valence-electron chi connectivity index (χ3n) is 14.3. The van der Waals surface area contributed by atoms with Crippen LogP contribution >= 0.6 is 0 Å². The third-order valence-corrected chi connectivity index (χ3v) is 14.3. The molecule has 13 heteroatoms. The van der Waals surface area contributed by atoms with Crippen LogP contribution in [0.3, 0.4) is 0 Å². The summed E-state index contributed by atoms with van der Waals surface area (Å²) in [5.74, 6) is -0.338. The van der Waals surface area contributed by atoms with Crippen LogP contribution < -0.4 is 25.0 Å². The number of hydrogen-bond acceptors (Lipinski definition) is 10. The minimum atomic E-state index is -0.998. The van der Waals surface area contributed by atoms with Crippen LogP contribution in [0.2, 0.25) is 0 Å². The molecule has 0 spiro atoms. The van der Waals surface area contributed by atoms with E-state index in [2.05, 4.69) is 73.4 Å². The zero-order valence-electron chi connectivity index (χ0n) is 36.9. The minimum Gasteiger partial charge on any atom is -0.490 e. The monoisotopic (exact) mass is 842 g/mol. The molecule has 0 radical (unpaired) electrons. The number of rotatable bonds is 11. The maximum Gasteiger partial charge on any atom is 0.262 e. The number of nitriles is 1. The Morgan fingerprint density at radius 3 is 2.16 bits per heavy atom. The smallest absolute Gasteiger partial charge is 0.262 e. The maximum atomic E-state index is 13.6. The summed E-state index contributed by atoms with van der Waals surface area (Å²) in [7, 11) is 2.20. The Kier molecular flexibility index (Phi) is 11.4. The van der Waals surface area contributed by atoms with E-state index < -0.39 is 29.7 Å². The highest BCUT2D eigenvalue weighted by Gasteiger charge is 2.64. The zero-order chi connectivity index (χ0) is 44.2. The van der Waals surface area contributed by atoms with Gasteiger partial charge >= 0.3 is 0 Å². The lowest BCUT2D eigenvalue weighted by Gasteiger charge is -2.63.